The van der Waals surface area contributed by atoms with Gasteiger partial charge in [0.05, 0.1) is 13.7 Å². The van der Waals surface area contributed by atoms with Crippen molar-refractivity contribution in [3.63, 3.8) is 0 Å². The molecule has 0 saturated carbocycles. The van der Waals surface area contributed by atoms with E-state index in [-0.39, 0.29) is 24.0 Å². The lowest BCUT2D eigenvalue weighted by Gasteiger charge is -2.21. The van der Waals surface area contributed by atoms with Crippen LogP contribution in [0.4, 0.5) is 0 Å². The molecule has 2 N–H and O–H groups in total. The predicted molar refractivity (Wildman–Crippen MR) is 129 cm³/mol. The molecule has 0 bridgehead atoms. The van der Waals surface area contributed by atoms with Crippen LogP contribution in [0.5, 0.6) is 11.5 Å². The second-order valence-electron chi connectivity index (χ2n) is 6.56. The van der Waals surface area contributed by atoms with Gasteiger partial charge in [0.15, 0.2) is 17.5 Å². The zero-order chi connectivity index (χ0) is 20.1. The molecule has 0 aliphatic carbocycles. The molecule has 0 saturated heterocycles. The molecule has 162 valence electrons. The minimum Gasteiger partial charge on any atom is -0.493 e. The van der Waals surface area contributed by atoms with Crippen LogP contribution in [0, 0.1) is 0 Å². The van der Waals surface area contributed by atoms with E-state index >= 15 is 0 Å². The highest BCUT2D eigenvalue weighted by Gasteiger charge is 2.08. The Hall–Kier alpha value is -1.22. The Labute approximate surface area is 188 Å². The summed E-state index contributed by atoms with van der Waals surface area (Å²) in [7, 11) is 3.46. The lowest BCUT2D eigenvalue weighted by molar-refractivity contribution is 0.292. The largest absolute Gasteiger partial charge is 0.493 e. The summed E-state index contributed by atoms with van der Waals surface area (Å²) in [5.41, 5.74) is 1.12. The van der Waals surface area contributed by atoms with Crippen LogP contribution in [0.2, 0.25) is 0 Å². The maximum absolute atomic E-state index is 5.65. The van der Waals surface area contributed by atoms with Crippen molar-refractivity contribution in [2.75, 3.05) is 40.4 Å². The number of methoxy groups -OCH3 is 1. The summed E-state index contributed by atoms with van der Waals surface area (Å²) in [5, 5.41) is 6.85. The first-order chi connectivity index (χ1) is 13.1. The van der Waals surface area contributed by atoms with Crippen molar-refractivity contribution in [1.29, 1.82) is 0 Å². The molecule has 1 aromatic rings. The molecule has 0 aliphatic rings. The molecule has 0 amide bonds. The van der Waals surface area contributed by atoms with Gasteiger partial charge >= 0.3 is 0 Å². The molecule has 0 aromatic heterocycles. The maximum Gasteiger partial charge on any atom is 0.191 e. The maximum atomic E-state index is 5.65. The summed E-state index contributed by atoms with van der Waals surface area (Å²) in [6, 6.07) is 6.36. The zero-order valence-corrected chi connectivity index (χ0v) is 20.7. The number of hydrogen-bond acceptors (Lipinski definition) is 4. The summed E-state index contributed by atoms with van der Waals surface area (Å²) in [4.78, 5) is 6.80. The molecular weight excluding hydrogens is 467 g/mol. The zero-order valence-electron chi connectivity index (χ0n) is 18.4. The number of nitrogens with one attached hydrogen (secondary N) is 2. The van der Waals surface area contributed by atoms with E-state index in [0.717, 1.165) is 49.1 Å². The highest BCUT2D eigenvalue weighted by molar-refractivity contribution is 14.0. The number of benzene rings is 1. The van der Waals surface area contributed by atoms with E-state index in [1.165, 1.54) is 6.42 Å². The average Bonchev–Trinajstić information content (AvgIpc) is 2.69. The van der Waals surface area contributed by atoms with Gasteiger partial charge in [-0.2, -0.15) is 0 Å². The molecule has 0 fully saturated rings. The van der Waals surface area contributed by atoms with E-state index in [4.69, 9.17) is 9.47 Å². The lowest BCUT2D eigenvalue weighted by Crippen LogP contribution is -2.42. The van der Waals surface area contributed by atoms with Crippen LogP contribution in [0.1, 0.15) is 46.1 Å². The van der Waals surface area contributed by atoms with E-state index in [1.54, 1.807) is 14.2 Å². The fraction of sp³-hybridized carbons (Fsp3) is 0.667. The van der Waals surface area contributed by atoms with Gasteiger partial charge in [0.1, 0.15) is 0 Å². The third-order valence-corrected chi connectivity index (χ3v) is 4.60. The predicted octanol–water partition coefficient (Wildman–Crippen LogP) is 3.89. The topological polar surface area (TPSA) is 58.1 Å². The van der Waals surface area contributed by atoms with Gasteiger partial charge in [-0.1, -0.05) is 19.9 Å². The van der Waals surface area contributed by atoms with Gasteiger partial charge in [0.25, 0.3) is 0 Å². The van der Waals surface area contributed by atoms with Crippen LogP contribution in [0.25, 0.3) is 0 Å². The standard InChI is InChI=1S/C21H38N4O2.HI/c1-7-25(8-2)14-10-11-17(4)24-21(22-5)23-16-18-12-13-19(26-6)20(15-18)27-9-3;/h12-13,15,17H,7-11,14,16H2,1-6H3,(H2,22,23,24);1H. The normalized spacial score (nSPS) is 12.3. The van der Waals surface area contributed by atoms with Gasteiger partial charge in [0.2, 0.25) is 0 Å². The first kappa shape index (κ1) is 26.8. The van der Waals surface area contributed by atoms with E-state index in [0.29, 0.717) is 19.2 Å². The molecule has 0 radical (unpaired) electrons. The van der Waals surface area contributed by atoms with Crippen LogP contribution < -0.4 is 20.1 Å². The molecule has 28 heavy (non-hydrogen) atoms. The summed E-state index contributed by atoms with van der Waals surface area (Å²) < 4.78 is 11.0. The molecule has 7 heteroatoms. The van der Waals surface area contributed by atoms with Gasteiger partial charge < -0.3 is 25.0 Å². The Kier molecular flexibility index (Phi) is 15.0. The molecular formula is C21H39IN4O2. The van der Waals surface area contributed by atoms with E-state index in [2.05, 4.69) is 41.3 Å². The van der Waals surface area contributed by atoms with Crippen molar-refractivity contribution in [3.05, 3.63) is 23.8 Å². The smallest absolute Gasteiger partial charge is 0.191 e. The number of rotatable bonds is 12. The molecule has 0 aliphatic heterocycles. The molecule has 1 unspecified atom stereocenters. The highest BCUT2D eigenvalue weighted by atomic mass is 127. The number of nitrogens with zero attached hydrogens (tertiary/aromatic N) is 2. The lowest BCUT2D eigenvalue weighted by atomic mass is 10.1. The SMILES string of the molecule is CCOc1cc(CNC(=NC)NC(C)CCCN(CC)CC)ccc1OC.I. The van der Waals surface area contributed by atoms with Crippen LogP contribution in [0.15, 0.2) is 23.2 Å². The molecule has 1 rings (SSSR count). The highest BCUT2D eigenvalue weighted by Crippen LogP contribution is 2.27. The van der Waals surface area contributed by atoms with Crippen LogP contribution >= 0.6 is 24.0 Å². The first-order valence-electron chi connectivity index (χ1n) is 10.1. The number of hydrogen-bond donors (Lipinski definition) is 2. The van der Waals surface area contributed by atoms with Crippen LogP contribution in [0.3, 0.4) is 0 Å². The Balaban J connectivity index is 0.00000729. The number of aliphatic imine (C=N–C) groups is 1. The third-order valence-electron chi connectivity index (χ3n) is 4.60. The molecule has 0 spiro atoms. The molecule has 1 atom stereocenters. The van der Waals surface area contributed by atoms with Crippen molar-refractivity contribution in [1.82, 2.24) is 15.5 Å². The van der Waals surface area contributed by atoms with Crippen molar-refractivity contribution >= 4 is 29.9 Å². The average molecular weight is 506 g/mol. The van der Waals surface area contributed by atoms with Gasteiger partial charge in [-0.25, -0.2) is 0 Å². The first-order valence-corrected chi connectivity index (χ1v) is 10.1. The fourth-order valence-electron chi connectivity index (χ4n) is 2.95. The van der Waals surface area contributed by atoms with Gasteiger partial charge in [-0.15, -0.1) is 24.0 Å². The number of ether oxygens (including phenoxy) is 2. The van der Waals surface area contributed by atoms with Gasteiger partial charge in [-0.3, -0.25) is 4.99 Å². The van der Waals surface area contributed by atoms with Crippen molar-refractivity contribution < 1.29 is 9.47 Å². The van der Waals surface area contributed by atoms with E-state index in [1.807, 2.05) is 25.1 Å². The number of halogens is 1. The Bertz CT molecular complexity index is 565. The summed E-state index contributed by atoms with van der Waals surface area (Å²) in [6.45, 7) is 13.3. The third kappa shape index (κ3) is 9.82. The minimum atomic E-state index is 0. The van der Waals surface area contributed by atoms with Crippen LogP contribution in [-0.2, 0) is 6.54 Å². The summed E-state index contributed by atoms with van der Waals surface area (Å²) in [6.07, 6.45) is 2.30. The monoisotopic (exact) mass is 506 g/mol. The summed E-state index contributed by atoms with van der Waals surface area (Å²) in [5.74, 6) is 2.34. The molecule has 1 aromatic carbocycles. The number of guanidine groups is 1. The Morgan fingerprint density at radius 1 is 1.18 bits per heavy atom. The molecule has 6 nitrogen and oxygen atoms in total. The van der Waals surface area contributed by atoms with Crippen molar-refractivity contribution in [2.24, 2.45) is 4.99 Å². The van der Waals surface area contributed by atoms with Gasteiger partial charge in [0, 0.05) is 19.6 Å². The van der Waals surface area contributed by atoms with Crippen molar-refractivity contribution in [2.45, 2.75) is 53.1 Å². The minimum absolute atomic E-state index is 0. The van der Waals surface area contributed by atoms with E-state index < -0.39 is 0 Å². The van der Waals surface area contributed by atoms with E-state index in [9.17, 15) is 0 Å². The Morgan fingerprint density at radius 2 is 1.89 bits per heavy atom. The summed E-state index contributed by atoms with van der Waals surface area (Å²) >= 11 is 0. The van der Waals surface area contributed by atoms with Crippen LogP contribution in [-0.4, -0.2) is 57.3 Å². The molecule has 0 heterocycles. The fourth-order valence-corrected chi connectivity index (χ4v) is 2.95. The van der Waals surface area contributed by atoms with Crippen molar-refractivity contribution in [3.8, 4) is 11.5 Å². The second-order valence-corrected chi connectivity index (χ2v) is 6.56. The second kappa shape index (κ2) is 15.7. The van der Waals surface area contributed by atoms with Gasteiger partial charge in [-0.05, 0) is 64.0 Å². The quantitative estimate of drug-likeness (QED) is 0.256. The Morgan fingerprint density at radius 3 is 2.46 bits per heavy atom.